The number of imidazole rings is 1. The van der Waals surface area contributed by atoms with Crippen molar-refractivity contribution in [1.82, 2.24) is 19.9 Å². The number of fused-ring (bicyclic) bond motifs is 1. The molecular formula is C16H21N5OS. The Bertz CT molecular complexity index is 695. The Labute approximate surface area is 139 Å². The molecule has 0 radical (unpaired) electrons. The number of anilines is 1. The number of hydrogen-bond acceptors (Lipinski definition) is 5. The second-order valence-electron chi connectivity index (χ2n) is 6.36. The average Bonchev–Trinajstić information content (AvgIpc) is 3.25. The molecule has 4 rings (SSSR count). The largest absolute Gasteiger partial charge is 0.350 e. The fourth-order valence-corrected chi connectivity index (χ4v) is 4.35. The lowest BCUT2D eigenvalue weighted by Crippen LogP contribution is -2.49. The lowest BCUT2D eigenvalue weighted by molar-refractivity contribution is -0.123. The van der Waals surface area contributed by atoms with Crippen molar-refractivity contribution < 1.29 is 4.79 Å². The topological polar surface area (TPSA) is 63.1 Å². The van der Waals surface area contributed by atoms with E-state index in [0.717, 1.165) is 55.4 Å². The molecule has 6 nitrogen and oxygen atoms in total. The van der Waals surface area contributed by atoms with Crippen molar-refractivity contribution in [2.45, 2.75) is 51.2 Å². The van der Waals surface area contributed by atoms with Crippen molar-refractivity contribution in [2.75, 3.05) is 11.4 Å². The van der Waals surface area contributed by atoms with Crippen molar-refractivity contribution in [3.05, 3.63) is 29.3 Å². The van der Waals surface area contributed by atoms with E-state index in [1.165, 1.54) is 0 Å². The van der Waals surface area contributed by atoms with Crippen LogP contribution in [0, 0.1) is 6.92 Å². The van der Waals surface area contributed by atoms with Gasteiger partial charge in [-0.3, -0.25) is 4.79 Å². The van der Waals surface area contributed by atoms with Crippen LogP contribution in [0.2, 0.25) is 0 Å². The number of carbonyl (C=O) groups excluding carboxylic acids is 1. The van der Waals surface area contributed by atoms with Crippen molar-refractivity contribution in [3.63, 3.8) is 0 Å². The number of hydrogen-bond donors (Lipinski definition) is 1. The number of nitrogens with one attached hydrogen (secondary N) is 1. The van der Waals surface area contributed by atoms with Gasteiger partial charge in [0.15, 0.2) is 5.13 Å². The summed E-state index contributed by atoms with van der Waals surface area (Å²) in [7, 11) is 0. The number of aromatic nitrogens is 3. The number of thiazole rings is 1. The first kappa shape index (κ1) is 14.7. The van der Waals surface area contributed by atoms with E-state index in [1.54, 1.807) is 17.5 Å². The lowest BCUT2D eigenvalue weighted by Gasteiger charge is -2.28. The Morgan fingerprint density at radius 2 is 2.35 bits per heavy atom. The van der Waals surface area contributed by atoms with Gasteiger partial charge in [-0.05, 0) is 26.2 Å². The van der Waals surface area contributed by atoms with Crippen molar-refractivity contribution >= 4 is 22.4 Å². The summed E-state index contributed by atoms with van der Waals surface area (Å²) in [5, 5.41) is 6.17. The summed E-state index contributed by atoms with van der Waals surface area (Å²) in [4.78, 5) is 23.8. The highest BCUT2D eigenvalue weighted by Gasteiger charge is 2.33. The van der Waals surface area contributed by atoms with E-state index in [2.05, 4.69) is 30.9 Å². The molecule has 0 aromatic carbocycles. The molecule has 0 aliphatic carbocycles. The maximum atomic E-state index is 12.7. The molecule has 0 spiro atoms. The number of carbonyl (C=O) groups is 1. The first-order valence-corrected chi connectivity index (χ1v) is 9.08. The van der Waals surface area contributed by atoms with Crippen LogP contribution in [0.4, 0.5) is 5.13 Å². The zero-order valence-corrected chi connectivity index (χ0v) is 14.1. The van der Waals surface area contributed by atoms with Crippen LogP contribution in [0.15, 0.2) is 17.8 Å². The minimum absolute atomic E-state index is 0.0768. The molecule has 2 aliphatic rings. The molecule has 2 aromatic heterocycles. The highest BCUT2D eigenvalue weighted by Crippen LogP contribution is 2.27. The highest BCUT2D eigenvalue weighted by molar-refractivity contribution is 7.13. The molecule has 7 heteroatoms. The van der Waals surface area contributed by atoms with Gasteiger partial charge in [-0.25, -0.2) is 9.97 Å². The van der Waals surface area contributed by atoms with Crippen molar-refractivity contribution in [2.24, 2.45) is 0 Å². The first-order chi connectivity index (χ1) is 11.2. The molecule has 1 saturated heterocycles. The van der Waals surface area contributed by atoms with Crippen LogP contribution < -0.4 is 10.2 Å². The van der Waals surface area contributed by atoms with E-state index < -0.39 is 0 Å². The molecule has 1 N–H and O–H groups in total. The van der Waals surface area contributed by atoms with Crippen LogP contribution in [0.5, 0.6) is 0 Å². The predicted molar refractivity (Wildman–Crippen MR) is 89.7 cm³/mol. The van der Waals surface area contributed by atoms with Crippen molar-refractivity contribution in [3.8, 4) is 0 Å². The number of nitrogens with zero attached hydrogens (tertiary/aromatic N) is 4. The molecule has 2 aromatic rings. The van der Waals surface area contributed by atoms with Crippen molar-refractivity contribution in [1.29, 1.82) is 0 Å². The summed E-state index contributed by atoms with van der Waals surface area (Å²) in [6, 6.07) is 0.120. The monoisotopic (exact) mass is 331 g/mol. The normalized spacial score (nSPS) is 23.8. The van der Waals surface area contributed by atoms with Crippen LogP contribution in [0.25, 0.3) is 0 Å². The average molecular weight is 331 g/mol. The second-order valence-corrected chi connectivity index (χ2v) is 7.23. The summed E-state index contributed by atoms with van der Waals surface area (Å²) >= 11 is 1.60. The summed E-state index contributed by atoms with van der Waals surface area (Å²) in [5.41, 5.74) is 1.05. The molecule has 1 fully saturated rings. The van der Waals surface area contributed by atoms with Crippen LogP contribution in [0.1, 0.15) is 30.8 Å². The van der Waals surface area contributed by atoms with Gasteiger partial charge in [0.25, 0.3) is 0 Å². The van der Waals surface area contributed by atoms with Gasteiger partial charge < -0.3 is 14.8 Å². The highest BCUT2D eigenvalue weighted by atomic mass is 32.1. The smallest absolute Gasteiger partial charge is 0.243 e. The van der Waals surface area contributed by atoms with Crippen LogP contribution in [-0.4, -0.2) is 39.1 Å². The zero-order chi connectivity index (χ0) is 15.8. The van der Waals surface area contributed by atoms with Crippen LogP contribution in [0.3, 0.4) is 0 Å². The molecule has 0 bridgehead atoms. The third kappa shape index (κ3) is 2.85. The molecule has 0 unspecified atom stereocenters. The first-order valence-electron chi connectivity index (χ1n) is 8.20. The molecule has 122 valence electrons. The lowest BCUT2D eigenvalue weighted by atomic mass is 10.1. The van der Waals surface area contributed by atoms with Gasteiger partial charge in [0.2, 0.25) is 5.91 Å². The Morgan fingerprint density at radius 3 is 3.17 bits per heavy atom. The van der Waals surface area contributed by atoms with Gasteiger partial charge in [-0.15, -0.1) is 11.3 Å². The number of aryl methyl sites for hydroxylation is 2. The second kappa shape index (κ2) is 5.96. The quantitative estimate of drug-likeness (QED) is 0.931. The predicted octanol–water partition coefficient (Wildman–Crippen LogP) is 1.75. The third-order valence-electron chi connectivity index (χ3n) is 4.68. The maximum absolute atomic E-state index is 12.7. The van der Waals surface area contributed by atoms with Crippen LogP contribution >= 0.6 is 11.3 Å². The molecule has 2 atom stereocenters. The molecule has 4 heterocycles. The Kier molecular flexibility index (Phi) is 3.80. The van der Waals surface area contributed by atoms with E-state index in [-0.39, 0.29) is 18.0 Å². The number of rotatable bonds is 3. The Morgan fingerprint density at radius 1 is 1.43 bits per heavy atom. The maximum Gasteiger partial charge on any atom is 0.243 e. The fraction of sp³-hybridized carbons (Fsp3) is 0.562. The van der Waals surface area contributed by atoms with Gasteiger partial charge in [0.1, 0.15) is 11.9 Å². The minimum atomic E-state index is -0.0768. The summed E-state index contributed by atoms with van der Waals surface area (Å²) in [5.74, 6) is 1.28. The van der Waals surface area contributed by atoms with Gasteiger partial charge >= 0.3 is 0 Å². The summed E-state index contributed by atoms with van der Waals surface area (Å²) in [6.45, 7) is 3.76. The third-order valence-corrected chi connectivity index (χ3v) is 5.49. The standard InChI is InChI=1S/C16H21N5OS/c1-11-9-20-10-12(4-5-14(20)18-11)19-15(22)13-3-2-7-21(13)16-17-6-8-23-16/h6,8-9,12-13H,2-5,7,10H2,1H3,(H,19,22)/t12-,13-/m0/s1. The van der Waals surface area contributed by atoms with Gasteiger partial charge in [-0.2, -0.15) is 0 Å². The Hall–Kier alpha value is -1.89. The van der Waals surface area contributed by atoms with Gasteiger partial charge in [0, 0.05) is 43.3 Å². The fourth-order valence-electron chi connectivity index (χ4n) is 3.63. The molecule has 23 heavy (non-hydrogen) atoms. The van der Waals surface area contributed by atoms with E-state index in [0.29, 0.717) is 0 Å². The molecule has 2 aliphatic heterocycles. The minimum Gasteiger partial charge on any atom is -0.350 e. The zero-order valence-electron chi connectivity index (χ0n) is 13.2. The SMILES string of the molecule is Cc1cn2c(n1)CC[C@H](NC(=O)[C@@H]1CCCN1c1nccs1)C2. The molecular weight excluding hydrogens is 310 g/mol. The van der Waals surface area contributed by atoms with Gasteiger partial charge in [-0.1, -0.05) is 0 Å². The summed E-state index contributed by atoms with van der Waals surface area (Å²) < 4.78 is 2.18. The van der Waals surface area contributed by atoms with Crippen LogP contribution in [-0.2, 0) is 17.8 Å². The Balaban J connectivity index is 1.42. The van der Waals surface area contributed by atoms with E-state index in [1.807, 2.05) is 12.3 Å². The summed E-state index contributed by atoms with van der Waals surface area (Å²) in [6.07, 6.45) is 7.73. The number of amides is 1. The molecule has 0 saturated carbocycles. The van der Waals surface area contributed by atoms with E-state index in [4.69, 9.17) is 0 Å². The van der Waals surface area contributed by atoms with E-state index in [9.17, 15) is 4.79 Å². The molecule has 1 amide bonds. The van der Waals surface area contributed by atoms with Gasteiger partial charge in [0.05, 0.1) is 5.69 Å². The van der Waals surface area contributed by atoms with E-state index >= 15 is 0 Å².